The van der Waals surface area contributed by atoms with E-state index in [2.05, 4.69) is 12.2 Å². The van der Waals surface area contributed by atoms with Crippen LogP contribution in [0.15, 0.2) is 30.3 Å². The number of unbranched alkanes of at least 4 members (excludes halogenated alkanes) is 1. The summed E-state index contributed by atoms with van der Waals surface area (Å²) in [6, 6.07) is 9.59. The van der Waals surface area contributed by atoms with Gasteiger partial charge in [-0.25, -0.2) is 0 Å². The van der Waals surface area contributed by atoms with Gasteiger partial charge < -0.3 is 15.8 Å². The fourth-order valence-electron chi connectivity index (χ4n) is 1.78. The minimum atomic E-state index is 0.00230. The lowest BCUT2D eigenvalue weighted by Gasteiger charge is -2.16. The average molecular weight is 264 g/mol. The van der Waals surface area contributed by atoms with Crippen LogP contribution in [0.4, 0.5) is 0 Å². The fraction of sp³-hybridized carbons (Fsp3) is 0.533. The normalized spacial score (nSPS) is 11.9. The van der Waals surface area contributed by atoms with Crippen LogP contribution in [-0.2, 0) is 4.79 Å². The van der Waals surface area contributed by atoms with E-state index in [1.165, 1.54) is 0 Å². The predicted octanol–water partition coefficient (Wildman–Crippen LogP) is 2.09. The number of ether oxygens (including phenoxy) is 1. The summed E-state index contributed by atoms with van der Waals surface area (Å²) in [4.78, 5) is 11.7. The Bertz CT molecular complexity index is 354. The lowest BCUT2D eigenvalue weighted by molar-refractivity contribution is -0.122. The highest BCUT2D eigenvalue weighted by molar-refractivity contribution is 5.76. The summed E-state index contributed by atoms with van der Waals surface area (Å²) in [5.41, 5.74) is 5.64. The highest BCUT2D eigenvalue weighted by Gasteiger charge is 2.09. The topological polar surface area (TPSA) is 64.3 Å². The number of hydrogen-bond acceptors (Lipinski definition) is 3. The number of hydrogen-bond donors (Lipinski definition) is 2. The first-order valence-corrected chi connectivity index (χ1v) is 6.93. The van der Waals surface area contributed by atoms with Gasteiger partial charge in [0, 0.05) is 12.6 Å². The zero-order valence-corrected chi connectivity index (χ0v) is 11.6. The Morgan fingerprint density at radius 2 is 2.11 bits per heavy atom. The summed E-state index contributed by atoms with van der Waals surface area (Å²) in [7, 11) is 0. The summed E-state index contributed by atoms with van der Waals surface area (Å²) in [5, 5.41) is 2.94. The number of para-hydroxylation sites is 1. The van der Waals surface area contributed by atoms with E-state index in [1.807, 2.05) is 30.3 Å². The molecule has 19 heavy (non-hydrogen) atoms. The molecule has 0 aliphatic heterocycles. The minimum absolute atomic E-state index is 0.00230. The van der Waals surface area contributed by atoms with Gasteiger partial charge in [0.1, 0.15) is 5.75 Å². The average Bonchev–Trinajstić information content (AvgIpc) is 2.44. The molecule has 0 saturated heterocycles. The Balaban J connectivity index is 2.19. The van der Waals surface area contributed by atoms with Crippen molar-refractivity contribution < 1.29 is 9.53 Å². The zero-order valence-electron chi connectivity index (χ0n) is 11.6. The van der Waals surface area contributed by atoms with E-state index in [9.17, 15) is 4.79 Å². The quantitative estimate of drug-likeness (QED) is 0.718. The van der Waals surface area contributed by atoms with Crippen molar-refractivity contribution in [1.29, 1.82) is 0 Å². The number of nitrogens with two attached hydrogens (primary N) is 1. The lowest BCUT2D eigenvalue weighted by Crippen LogP contribution is -2.40. The molecule has 0 heterocycles. The second-order valence-electron chi connectivity index (χ2n) is 4.55. The molecule has 1 aromatic rings. The molecular weight excluding hydrogens is 240 g/mol. The van der Waals surface area contributed by atoms with Gasteiger partial charge in [-0.15, -0.1) is 0 Å². The number of carbonyl (C=O) groups excluding carboxylic acids is 1. The van der Waals surface area contributed by atoms with Crippen molar-refractivity contribution in [2.24, 2.45) is 5.73 Å². The summed E-state index contributed by atoms with van der Waals surface area (Å²) in [6.45, 7) is 3.01. The van der Waals surface area contributed by atoms with Crippen molar-refractivity contribution in [1.82, 2.24) is 5.32 Å². The largest absolute Gasteiger partial charge is 0.493 e. The Hall–Kier alpha value is -1.55. The lowest BCUT2D eigenvalue weighted by atomic mass is 10.1. The third-order valence-corrected chi connectivity index (χ3v) is 2.90. The molecule has 0 saturated carbocycles. The SMILES string of the molecule is CCCCC(CN)NC(=O)CCOc1ccccc1. The first-order valence-electron chi connectivity index (χ1n) is 6.93. The number of carbonyl (C=O) groups is 1. The van der Waals surface area contributed by atoms with E-state index in [-0.39, 0.29) is 11.9 Å². The molecule has 4 heteroatoms. The van der Waals surface area contributed by atoms with E-state index < -0.39 is 0 Å². The van der Waals surface area contributed by atoms with Crippen molar-refractivity contribution in [3.05, 3.63) is 30.3 Å². The van der Waals surface area contributed by atoms with E-state index in [0.717, 1.165) is 25.0 Å². The van der Waals surface area contributed by atoms with Gasteiger partial charge in [-0.1, -0.05) is 38.0 Å². The standard InChI is InChI=1S/C15H24N2O2/c1-2-3-7-13(12-16)17-15(18)10-11-19-14-8-5-4-6-9-14/h4-6,8-9,13H,2-3,7,10-12,16H2,1H3,(H,17,18). The minimum Gasteiger partial charge on any atom is -0.493 e. The second-order valence-corrected chi connectivity index (χ2v) is 4.55. The number of nitrogens with one attached hydrogen (secondary N) is 1. The van der Waals surface area contributed by atoms with Gasteiger partial charge in [-0.2, -0.15) is 0 Å². The maximum Gasteiger partial charge on any atom is 0.223 e. The van der Waals surface area contributed by atoms with Crippen molar-refractivity contribution in [2.75, 3.05) is 13.2 Å². The Labute approximate surface area is 115 Å². The van der Waals surface area contributed by atoms with Crippen LogP contribution < -0.4 is 15.8 Å². The zero-order chi connectivity index (χ0) is 13.9. The molecule has 0 aliphatic carbocycles. The number of amides is 1. The molecule has 0 bridgehead atoms. The van der Waals surface area contributed by atoms with Crippen molar-refractivity contribution in [3.63, 3.8) is 0 Å². The number of rotatable bonds is 9. The van der Waals surface area contributed by atoms with Gasteiger partial charge in [0.25, 0.3) is 0 Å². The summed E-state index contributed by atoms with van der Waals surface area (Å²) >= 11 is 0. The molecule has 0 spiro atoms. The van der Waals surface area contributed by atoms with Gasteiger partial charge in [0.15, 0.2) is 0 Å². The number of benzene rings is 1. The van der Waals surface area contributed by atoms with Crippen LogP contribution in [0.25, 0.3) is 0 Å². The van der Waals surface area contributed by atoms with Crippen LogP contribution in [0.1, 0.15) is 32.6 Å². The van der Waals surface area contributed by atoms with Crippen LogP contribution >= 0.6 is 0 Å². The Morgan fingerprint density at radius 1 is 1.37 bits per heavy atom. The molecule has 1 unspecified atom stereocenters. The van der Waals surface area contributed by atoms with Crippen LogP contribution in [0.2, 0.25) is 0 Å². The molecule has 1 rings (SSSR count). The van der Waals surface area contributed by atoms with E-state index in [4.69, 9.17) is 10.5 Å². The third-order valence-electron chi connectivity index (χ3n) is 2.90. The molecule has 0 fully saturated rings. The Kier molecular flexibility index (Phi) is 7.66. The van der Waals surface area contributed by atoms with Crippen LogP contribution in [0, 0.1) is 0 Å². The van der Waals surface area contributed by atoms with Gasteiger partial charge in [-0.3, -0.25) is 4.79 Å². The van der Waals surface area contributed by atoms with Gasteiger partial charge in [-0.05, 0) is 18.6 Å². The summed E-state index contributed by atoms with van der Waals surface area (Å²) in [5.74, 6) is 0.791. The fourth-order valence-corrected chi connectivity index (χ4v) is 1.78. The maximum atomic E-state index is 11.7. The highest BCUT2D eigenvalue weighted by atomic mass is 16.5. The Morgan fingerprint density at radius 3 is 2.74 bits per heavy atom. The summed E-state index contributed by atoms with van der Waals surface area (Å²) in [6.07, 6.45) is 3.50. The molecule has 106 valence electrons. The molecule has 0 aliphatic rings. The smallest absolute Gasteiger partial charge is 0.223 e. The van der Waals surface area contributed by atoms with Crippen LogP contribution in [0.3, 0.4) is 0 Å². The van der Waals surface area contributed by atoms with Crippen LogP contribution in [0.5, 0.6) is 5.75 Å². The summed E-state index contributed by atoms with van der Waals surface area (Å²) < 4.78 is 5.48. The van der Waals surface area contributed by atoms with Crippen molar-refractivity contribution in [3.8, 4) is 5.75 Å². The van der Waals surface area contributed by atoms with E-state index in [0.29, 0.717) is 19.6 Å². The predicted molar refractivity (Wildman–Crippen MR) is 77.1 cm³/mol. The van der Waals surface area contributed by atoms with Gasteiger partial charge in [0.05, 0.1) is 13.0 Å². The van der Waals surface area contributed by atoms with Gasteiger partial charge in [0.2, 0.25) is 5.91 Å². The maximum absolute atomic E-state index is 11.7. The first-order chi connectivity index (χ1) is 9.26. The van der Waals surface area contributed by atoms with Crippen molar-refractivity contribution in [2.45, 2.75) is 38.6 Å². The molecule has 3 N–H and O–H groups in total. The molecule has 0 radical (unpaired) electrons. The highest BCUT2D eigenvalue weighted by Crippen LogP contribution is 2.08. The molecule has 4 nitrogen and oxygen atoms in total. The molecule has 1 amide bonds. The van der Waals surface area contributed by atoms with Crippen molar-refractivity contribution >= 4 is 5.91 Å². The van der Waals surface area contributed by atoms with Gasteiger partial charge >= 0.3 is 0 Å². The molecule has 0 aromatic heterocycles. The molecule has 1 atom stereocenters. The second kappa shape index (κ2) is 9.39. The first kappa shape index (κ1) is 15.5. The van der Waals surface area contributed by atoms with E-state index in [1.54, 1.807) is 0 Å². The molecule has 1 aromatic carbocycles. The third kappa shape index (κ3) is 6.82. The van der Waals surface area contributed by atoms with E-state index >= 15 is 0 Å². The molecular formula is C15H24N2O2. The monoisotopic (exact) mass is 264 g/mol. The van der Waals surface area contributed by atoms with Crippen LogP contribution in [-0.4, -0.2) is 25.1 Å².